The second-order valence-corrected chi connectivity index (χ2v) is 6.36. The summed E-state index contributed by atoms with van der Waals surface area (Å²) in [5, 5.41) is 2.87. The van der Waals surface area contributed by atoms with Crippen molar-refractivity contribution in [2.75, 3.05) is 64.9 Å². The van der Waals surface area contributed by atoms with Gasteiger partial charge in [0.15, 0.2) is 0 Å². The van der Waals surface area contributed by atoms with E-state index in [1.54, 1.807) is 24.2 Å². The first-order chi connectivity index (χ1) is 12.5. The zero-order valence-corrected chi connectivity index (χ0v) is 15.8. The van der Waals surface area contributed by atoms with Gasteiger partial charge in [-0.1, -0.05) is 0 Å². The summed E-state index contributed by atoms with van der Waals surface area (Å²) in [6, 6.07) is 0. The molecule has 1 aromatic heterocycles. The van der Waals surface area contributed by atoms with Gasteiger partial charge >= 0.3 is 6.09 Å². The molecule has 0 spiro atoms. The van der Waals surface area contributed by atoms with Crippen LogP contribution in [0.2, 0.25) is 0 Å². The van der Waals surface area contributed by atoms with E-state index in [0.29, 0.717) is 50.8 Å². The van der Waals surface area contributed by atoms with Crippen LogP contribution in [0, 0.1) is 0 Å². The predicted octanol–water partition coefficient (Wildman–Crippen LogP) is 0.437. The second-order valence-electron chi connectivity index (χ2n) is 6.36. The van der Waals surface area contributed by atoms with Crippen molar-refractivity contribution in [3.8, 4) is 0 Å². The molecule has 0 aliphatic carbocycles. The van der Waals surface area contributed by atoms with Crippen molar-refractivity contribution < 1.29 is 14.3 Å². The third kappa shape index (κ3) is 5.83. The van der Waals surface area contributed by atoms with E-state index in [0.717, 1.165) is 13.0 Å². The first kappa shape index (κ1) is 19.9. The summed E-state index contributed by atoms with van der Waals surface area (Å²) >= 11 is 0. The minimum Gasteiger partial charge on any atom is -0.450 e. The number of amides is 2. The molecule has 0 bridgehead atoms. The summed E-state index contributed by atoms with van der Waals surface area (Å²) in [4.78, 5) is 38.1. The molecule has 2 rings (SSSR count). The molecule has 0 atom stereocenters. The van der Waals surface area contributed by atoms with Gasteiger partial charge in [0.2, 0.25) is 5.95 Å². The summed E-state index contributed by atoms with van der Waals surface area (Å²) in [7, 11) is 4.00. The minimum atomic E-state index is -0.283. The molecule has 26 heavy (non-hydrogen) atoms. The number of carbonyl (C=O) groups excluding carboxylic acids is 2. The molecule has 0 saturated carbocycles. The van der Waals surface area contributed by atoms with Crippen molar-refractivity contribution in [3.63, 3.8) is 0 Å². The van der Waals surface area contributed by atoms with Crippen LogP contribution in [0.5, 0.6) is 0 Å². The Balaban J connectivity index is 1.80. The molecule has 1 saturated heterocycles. The number of nitrogens with one attached hydrogen (secondary N) is 1. The maximum absolute atomic E-state index is 12.1. The smallest absolute Gasteiger partial charge is 0.409 e. The predicted molar refractivity (Wildman–Crippen MR) is 98.3 cm³/mol. The van der Waals surface area contributed by atoms with Crippen LogP contribution < -0.4 is 10.2 Å². The van der Waals surface area contributed by atoms with Crippen LogP contribution in [0.25, 0.3) is 0 Å². The van der Waals surface area contributed by atoms with E-state index >= 15 is 0 Å². The SMILES string of the molecule is CCOC(=O)N1CCN(c2ncc(C(=O)NCCCN(C)C)cn2)CC1. The monoisotopic (exact) mass is 364 g/mol. The Hall–Kier alpha value is -2.42. The van der Waals surface area contributed by atoms with Crippen molar-refractivity contribution in [1.29, 1.82) is 0 Å². The average Bonchev–Trinajstić information content (AvgIpc) is 2.65. The van der Waals surface area contributed by atoms with Crippen LogP contribution in [-0.4, -0.2) is 91.7 Å². The highest BCUT2D eigenvalue weighted by Crippen LogP contribution is 2.11. The van der Waals surface area contributed by atoms with Gasteiger partial charge in [-0.25, -0.2) is 14.8 Å². The molecule has 1 aliphatic rings. The maximum Gasteiger partial charge on any atom is 0.409 e. The Labute approximate surface area is 154 Å². The number of hydrogen-bond donors (Lipinski definition) is 1. The number of rotatable bonds is 7. The molecule has 144 valence electrons. The molecule has 0 aromatic carbocycles. The number of nitrogens with zero attached hydrogens (tertiary/aromatic N) is 5. The lowest BCUT2D eigenvalue weighted by atomic mass is 10.3. The molecule has 9 nitrogen and oxygen atoms in total. The summed E-state index contributed by atoms with van der Waals surface area (Å²) in [6.45, 7) is 6.11. The molecule has 1 aromatic rings. The van der Waals surface area contributed by atoms with Crippen molar-refractivity contribution in [1.82, 2.24) is 25.1 Å². The van der Waals surface area contributed by atoms with Gasteiger partial charge < -0.3 is 24.8 Å². The highest BCUT2D eigenvalue weighted by Gasteiger charge is 2.23. The van der Waals surface area contributed by atoms with E-state index in [4.69, 9.17) is 4.74 Å². The number of piperazine rings is 1. The third-order valence-electron chi connectivity index (χ3n) is 4.06. The molecule has 9 heteroatoms. The number of aromatic nitrogens is 2. The van der Waals surface area contributed by atoms with Crippen molar-refractivity contribution in [2.45, 2.75) is 13.3 Å². The molecule has 0 unspecified atom stereocenters. The van der Waals surface area contributed by atoms with E-state index < -0.39 is 0 Å². The Morgan fingerprint density at radius 2 is 1.85 bits per heavy atom. The lowest BCUT2D eigenvalue weighted by Gasteiger charge is -2.33. The standard InChI is InChI=1S/C17H28N6O3/c1-4-26-17(25)23-10-8-22(9-11-23)16-19-12-14(13-20-16)15(24)18-6-5-7-21(2)3/h12-13H,4-11H2,1-3H3,(H,18,24). The van der Waals surface area contributed by atoms with Crippen LogP contribution in [0.4, 0.5) is 10.7 Å². The number of carbonyl (C=O) groups is 2. The maximum atomic E-state index is 12.1. The molecular formula is C17H28N6O3. The van der Waals surface area contributed by atoms with Gasteiger partial charge in [0.1, 0.15) is 0 Å². The van der Waals surface area contributed by atoms with Gasteiger partial charge in [0.05, 0.1) is 12.2 Å². The Kier molecular flexibility index (Phi) is 7.58. The van der Waals surface area contributed by atoms with Crippen LogP contribution in [-0.2, 0) is 4.74 Å². The van der Waals surface area contributed by atoms with E-state index in [-0.39, 0.29) is 12.0 Å². The summed E-state index contributed by atoms with van der Waals surface area (Å²) in [6.07, 6.45) is 3.69. The fourth-order valence-corrected chi connectivity index (χ4v) is 2.60. The van der Waals surface area contributed by atoms with E-state index in [1.807, 2.05) is 19.0 Å². The highest BCUT2D eigenvalue weighted by molar-refractivity contribution is 5.93. The van der Waals surface area contributed by atoms with E-state index in [9.17, 15) is 9.59 Å². The van der Waals surface area contributed by atoms with E-state index in [1.165, 1.54) is 0 Å². The van der Waals surface area contributed by atoms with Gasteiger partial charge in [-0.2, -0.15) is 0 Å². The first-order valence-electron chi connectivity index (χ1n) is 8.93. The second kappa shape index (κ2) is 9.91. The summed E-state index contributed by atoms with van der Waals surface area (Å²) < 4.78 is 5.01. The topological polar surface area (TPSA) is 90.9 Å². The first-order valence-corrected chi connectivity index (χ1v) is 8.93. The number of ether oxygens (including phenoxy) is 1. The Morgan fingerprint density at radius 3 is 2.42 bits per heavy atom. The van der Waals surface area contributed by atoms with Gasteiger partial charge in [-0.3, -0.25) is 4.79 Å². The summed E-state index contributed by atoms with van der Waals surface area (Å²) in [5.74, 6) is 0.403. The molecule has 2 heterocycles. The normalized spacial score (nSPS) is 14.5. The number of hydrogen-bond acceptors (Lipinski definition) is 7. The van der Waals surface area contributed by atoms with Gasteiger partial charge in [-0.15, -0.1) is 0 Å². The molecule has 0 radical (unpaired) electrons. The lowest BCUT2D eigenvalue weighted by Crippen LogP contribution is -2.49. The third-order valence-corrected chi connectivity index (χ3v) is 4.06. The van der Waals surface area contributed by atoms with Crippen LogP contribution >= 0.6 is 0 Å². The lowest BCUT2D eigenvalue weighted by molar-refractivity contribution is 0.0950. The molecule has 2 amide bonds. The zero-order valence-electron chi connectivity index (χ0n) is 15.8. The van der Waals surface area contributed by atoms with Crippen molar-refractivity contribution >= 4 is 17.9 Å². The van der Waals surface area contributed by atoms with Gasteiger partial charge in [0, 0.05) is 45.1 Å². The zero-order chi connectivity index (χ0) is 18.9. The van der Waals surface area contributed by atoms with Crippen LogP contribution in [0.1, 0.15) is 23.7 Å². The molecular weight excluding hydrogens is 336 g/mol. The fraction of sp³-hybridized carbons (Fsp3) is 0.647. The van der Waals surface area contributed by atoms with Crippen LogP contribution in [0.3, 0.4) is 0 Å². The Morgan fingerprint density at radius 1 is 1.19 bits per heavy atom. The average molecular weight is 364 g/mol. The number of anilines is 1. The van der Waals surface area contributed by atoms with Crippen LogP contribution in [0.15, 0.2) is 12.4 Å². The quantitative estimate of drug-likeness (QED) is 0.702. The molecule has 1 N–H and O–H groups in total. The van der Waals surface area contributed by atoms with E-state index in [2.05, 4.69) is 20.2 Å². The van der Waals surface area contributed by atoms with Crippen molar-refractivity contribution in [3.05, 3.63) is 18.0 Å². The van der Waals surface area contributed by atoms with Gasteiger partial charge in [0.25, 0.3) is 5.91 Å². The molecule has 1 aliphatic heterocycles. The molecule has 1 fully saturated rings. The Bertz CT molecular complexity index is 585. The summed E-state index contributed by atoms with van der Waals surface area (Å²) in [5.41, 5.74) is 0.448. The minimum absolute atomic E-state index is 0.164. The fourth-order valence-electron chi connectivity index (χ4n) is 2.60. The largest absolute Gasteiger partial charge is 0.450 e. The van der Waals surface area contributed by atoms with Crippen molar-refractivity contribution in [2.24, 2.45) is 0 Å². The van der Waals surface area contributed by atoms with Gasteiger partial charge in [-0.05, 0) is 34.0 Å². The highest BCUT2D eigenvalue weighted by atomic mass is 16.6.